The molecule has 0 unspecified atom stereocenters. The molecule has 0 heterocycles. The molecule has 0 amide bonds. The van der Waals surface area contributed by atoms with Gasteiger partial charge in [-0.3, -0.25) is 0 Å². The molecule has 0 radical (unpaired) electrons. The summed E-state index contributed by atoms with van der Waals surface area (Å²) in [6.45, 7) is 10.3. The Morgan fingerprint density at radius 1 is 0.812 bits per heavy atom. The maximum absolute atomic E-state index is 6.50. The highest BCUT2D eigenvalue weighted by molar-refractivity contribution is 4.83. The molecule has 96 valence electrons. The van der Waals surface area contributed by atoms with Crippen LogP contribution in [-0.2, 0) is 0 Å². The normalized spacial score (nSPS) is 10.6. The quantitative estimate of drug-likeness (QED) is 0.633. The third kappa shape index (κ3) is 9.98. The number of rotatable bonds is 9. The van der Waals surface area contributed by atoms with Crippen molar-refractivity contribution in [1.82, 2.24) is 0 Å². The zero-order chi connectivity index (χ0) is 12.9. The largest absolute Gasteiger partial charge is 0.325 e. The van der Waals surface area contributed by atoms with E-state index in [9.17, 15) is 0 Å². The van der Waals surface area contributed by atoms with Crippen LogP contribution < -0.4 is 5.73 Å². The van der Waals surface area contributed by atoms with Gasteiger partial charge in [-0.1, -0.05) is 59.3 Å². The summed E-state index contributed by atoms with van der Waals surface area (Å²) in [5, 5.41) is 6.50. The summed E-state index contributed by atoms with van der Waals surface area (Å²) in [5.74, 6) is 0. The fraction of sp³-hybridized carbons (Fsp3) is 0.929. The van der Waals surface area contributed by atoms with Crippen LogP contribution in [0.3, 0.4) is 0 Å². The highest BCUT2D eigenvalue weighted by Crippen LogP contribution is 2.24. The van der Waals surface area contributed by atoms with Crippen LogP contribution in [0.25, 0.3) is 0 Å². The van der Waals surface area contributed by atoms with E-state index in [1.165, 1.54) is 57.8 Å². The zero-order valence-corrected chi connectivity index (χ0v) is 11.5. The van der Waals surface area contributed by atoms with Crippen molar-refractivity contribution in [3.05, 3.63) is 0 Å². The molecule has 0 aliphatic rings. The Hall–Kier alpha value is -0.550. The van der Waals surface area contributed by atoms with Gasteiger partial charge in [-0.15, -0.1) is 0 Å². The fourth-order valence-electron chi connectivity index (χ4n) is 1.96. The van der Waals surface area contributed by atoms with Gasteiger partial charge >= 0.3 is 0 Å². The van der Waals surface area contributed by atoms with Crippen LogP contribution in [0.5, 0.6) is 0 Å². The molecule has 0 rings (SSSR count). The smallest absolute Gasteiger partial charge is 0.0462 e. The van der Waals surface area contributed by atoms with E-state index in [1.807, 2.05) is 0 Å². The molecule has 0 aliphatic heterocycles. The summed E-state index contributed by atoms with van der Waals surface area (Å²) in [6.07, 6.45) is 11.4. The highest BCUT2D eigenvalue weighted by atomic mass is 14.7. The standard InChI is InChI=1S/C13H29N.CHN/c1-4-7-10-13(14,11-8-5-2)12-9-6-3;1-2/h4-12,14H2,1-3H3;1H. The van der Waals surface area contributed by atoms with Crippen molar-refractivity contribution in [2.45, 2.75) is 84.1 Å². The minimum Gasteiger partial charge on any atom is -0.325 e. The molecule has 16 heavy (non-hydrogen) atoms. The van der Waals surface area contributed by atoms with Crippen LogP contribution in [0.4, 0.5) is 0 Å². The number of hydrogen-bond donors (Lipinski definition) is 1. The molecule has 0 aliphatic carbocycles. The molecular formula is C14H30N2. The molecular weight excluding hydrogens is 196 g/mol. The van der Waals surface area contributed by atoms with Gasteiger partial charge in [0, 0.05) is 12.1 Å². The van der Waals surface area contributed by atoms with Crippen molar-refractivity contribution in [1.29, 1.82) is 5.26 Å². The molecule has 0 saturated carbocycles. The lowest BCUT2D eigenvalue weighted by molar-refractivity contribution is 0.313. The van der Waals surface area contributed by atoms with E-state index >= 15 is 0 Å². The van der Waals surface area contributed by atoms with Gasteiger partial charge in [-0.05, 0) is 19.3 Å². The van der Waals surface area contributed by atoms with E-state index < -0.39 is 0 Å². The maximum atomic E-state index is 6.50. The van der Waals surface area contributed by atoms with Crippen molar-refractivity contribution in [3.8, 4) is 6.57 Å². The lowest BCUT2D eigenvalue weighted by atomic mass is 9.84. The van der Waals surface area contributed by atoms with E-state index in [0.717, 1.165) is 0 Å². The first-order chi connectivity index (χ1) is 7.68. The van der Waals surface area contributed by atoms with Crippen molar-refractivity contribution < 1.29 is 0 Å². The first kappa shape index (κ1) is 17.8. The molecule has 2 N–H and O–H groups in total. The minimum absolute atomic E-state index is 0.155. The molecule has 0 bridgehead atoms. The van der Waals surface area contributed by atoms with Crippen LogP contribution in [0.2, 0.25) is 0 Å². The summed E-state index contributed by atoms with van der Waals surface area (Å²) in [6, 6.07) is 0. The lowest BCUT2D eigenvalue weighted by Crippen LogP contribution is -2.39. The SMILES string of the molecule is C#N.CCCCC(N)(CCCC)CCCC. The third-order valence-electron chi connectivity index (χ3n) is 3.08. The second-order valence-electron chi connectivity index (χ2n) is 4.67. The van der Waals surface area contributed by atoms with E-state index in [0.29, 0.717) is 0 Å². The molecule has 0 spiro atoms. The summed E-state index contributed by atoms with van der Waals surface area (Å²) < 4.78 is 0. The van der Waals surface area contributed by atoms with Crippen molar-refractivity contribution in [2.24, 2.45) is 5.73 Å². The average Bonchev–Trinajstić information content (AvgIpc) is 2.34. The molecule has 2 nitrogen and oxygen atoms in total. The molecule has 0 aromatic heterocycles. The van der Waals surface area contributed by atoms with Gasteiger partial charge in [0.15, 0.2) is 0 Å². The Balaban J connectivity index is 0. The van der Waals surface area contributed by atoms with Crippen LogP contribution in [0.1, 0.15) is 78.6 Å². The Morgan fingerprint density at radius 2 is 1.06 bits per heavy atom. The first-order valence-corrected chi connectivity index (χ1v) is 6.73. The molecule has 2 heteroatoms. The average molecular weight is 226 g/mol. The Kier molecular flexibility index (Phi) is 14.0. The van der Waals surface area contributed by atoms with Gasteiger partial charge < -0.3 is 5.73 Å². The number of unbranched alkanes of at least 4 members (excludes halogenated alkanes) is 3. The van der Waals surface area contributed by atoms with Crippen molar-refractivity contribution in [3.63, 3.8) is 0 Å². The zero-order valence-electron chi connectivity index (χ0n) is 11.5. The van der Waals surface area contributed by atoms with E-state index in [1.54, 1.807) is 0 Å². The van der Waals surface area contributed by atoms with Gasteiger partial charge in [0.05, 0.1) is 0 Å². The monoisotopic (exact) mass is 226 g/mol. The van der Waals surface area contributed by atoms with Crippen molar-refractivity contribution in [2.75, 3.05) is 0 Å². The van der Waals surface area contributed by atoms with Gasteiger partial charge in [0.1, 0.15) is 0 Å². The molecule has 0 aromatic rings. The second-order valence-corrected chi connectivity index (χ2v) is 4.67. The van der Waals surface area contributed by atoms with Crippen LogP contribution in [0, 0.1) is 11.8 Å². The lowest BCUT2D eigenvalue weighted by Gasteiger charge is -2.29. The topological polar surface area (TPSA) is 49.8 Å². The summed E-state index contributed by atoms with van der Waals surface area (Å²) in [5.41, 5.74) is 6.61. The fourth-order valence-corrected chi connectivity index (χ4v) is 1.96. The van der Waals surface area contributed by atoms with Gasteiger partial charge in [-0.25, -0.2) is 5.26 Å². The maximum Gasteiger partial charge on any atom is 0.0462 e. The van der Waals surface area contributed by atoms with Gasteiger partial charge in [-0.2, -0.15) is 0 Å². The predicted octanol–water partition coefficient (Wildman–Crippen LogP) is 4.39. The number of nitrogens with two attached hydrogens (primary N) is 1. The molecule has 0 atom stereocenters. The van der Waals surface area contributed by atoms with Crippen LogP contribution in [0.15, 0.2) is 0 Å². The molecule has 0 aromatic carbocycles. The third-order valence-corrected chi connectivity index (χ3v) is 3.08. The predicted molar refractivity (Wildman–Crippen MR) is 72.2 cm³/mol. The minimum atomic E-state index is 0.155. The highest BCUT2D eigenvalue weighted by Gasteiger charge is 2.22. The number of hydrogen-bond acceptors (Lipinski definition) is 2. The van der Waals surface area contributed by atoms with E-state index in [2.05, 4.69) is 27.3 Å². The van der Waals surface area contributed by atoms with E-state index in [4.69, 9.17) is 11.0 Å². The molecule has 0 saturated heterocycles. The van der Waals surface area contributed by atoms with Gasteiger partial charge in [0.2, 0.25) is 0 Å². The van der Waals surface area contributed by atoms with Gasteiger partial charge in [0.25, 0.3) is 0 Å². The van der Waals surface area contributed by atoms with Crippen molar-refractivity contribution >= 4 is 0 Å². The van der Waals surface area contributed by atoms with Crippen LogP contribution >= 0.6 is 0 Å². The number of nitrogens with zero attached hydrogens (tertiary/aromatic N) is 1. The first-order valence-electron chi connectivity index (χ1n) is 6.73. The van der Waals surface area contributed by atoms with E-state index in [-0.39, 0.29) is 5.54 Å². The van der Waals surface area contributed by atoms with Crippen LogP contribution in [-0.4, -0.2) is 5.54 Å². The Morgan fingerprint density at radius 3 is 1.25 bits per heavy atom. The Bertz CT molecular complexity index is 130. The summed E-state index contributed by atoms with van der Waals surface area (Å²) in [4.78, 5) is 0. The summed E-state index contributed by atoms with van der Waals surface area (Å²) in [7, 11) is 0. The number of nitriles is 1. The summed E-state index contributed by atoms with van der Waals surface area (Å²) >= 11 is 0. The molecule has 0 fully saturated rings. The second kappa shape index (κ2) is 12.5. The Labute approximate surface area is 102 Å².